The highest BCUT2D eigenvalue weighted by Crippen LogP contribution is 2.33. The van der Waals surface area contributed by atoms with Crippen LogP contribution in [0.25, 0.3) is 11.4 Å². The Kier molecular flexibility index (Phi) is 5.72. The summed E-state index contributed by atoms with van der Waals surface area (Å²) in [6, 6.07) is 18.8. The van der Waals surface area contributed by atoms with E-state index < -0.39 is 5.60 Å². The number of benzene rings is 3. The Morgan fingerprint density at radius 2 is 1.49 bits per heavy atom. The first kappa shape index (κ1) is 22.6. The molecule has 0 aliphatic carbocycles. The number of hydrogen-bond donors (Lipinski definition) is 3. The van der Waals surface area contributed by atoms with E-state index in [9.17, 15) is 15.3 Å². The maximum absolute atomic E-state index is 11.9. The van der Waals surface area contributed by atoms with Gasteiger partial charge in [-0.2, -0.15) is 0 Å². The molecule has 3 N–H and O–H groups in total. The first-order valence-corrected chi connectivity index (χ1v) is 11.1. The smallest absolute Gasteiger partial charge is 0.141 e. The summed E-state index contributed by atoms with van der Waals surface area (Å²) in [5.41, 5.74) is 1.45. The van der Waals surface area contributed by atoms with Crippen molar-refractivity contribution in [2.75, 3.05) is 0 Å². The van der Waals surface area contributed by atoms with E-state index in [1.165, 1.54) is 15.4 Å². The standard InChI is InChI=1S/C25H21ClN6O3/c1-16-7-9-22(33)20(11-16)32-15-24(28-30-32)25(35,17-5-3-2-4-6-17)13-19-14-31(29-27-19)21-12-18(26)8-10-23(21)34/h2-12,14-15,33-35H,13H2,1H3. The van der Waals surface area contributed by atoms with Crippen LogP contribution in [0.4, 0.5) is 0 Å². The summed E-state index contributed by atoms with van der Waals surface area (Å²) in [5.74, 6) is 0.0321. The summed E-state index contributed by atoms with van der Waals surface area (Å²) in [6.45, 7) is 1.90. The molecule has 0 bridgehead atoms. The first-order valence-electron chi connectivity index (χ1n) is 10.7. The van der Waals surface area contributed by atoms with Crippen LogP contribution in [-0.4, -0.2) is 45.3 Å². The fourth-order valence-electron chi connectivity index (χ4n) is 3.88. The first-order chi connectivity index (χ1) is 16.8. The van der Waals surface area contributed by atoms with Crippen LogP contribution in [-0.2, 0) is 12.0 Å². The van der Waals surface area contributed by atoms with Gasteiger partial charge in [0.15, 0.2) is 0 Å². The van der Waals surface area contributed by atoms with E-state index in [0.717, 1.165) is 5.56 Å². The van der Waals surface area contributed by atoms with Crippen molar-refractivity contribution in [2.45, 2.75) is 18.9 Å². The fourth-order valence-corrected chi connectivity index (χ4v) is 4.05. The minimum atomic E-state index is -1.60. The molecular weight excluding hydrogens is 468 g/mol. The van der Waals surface area contributed by atoms with Crippen LogP contribution in [0.1, 0.15) is 22.5 Å². The average Bonchev–Trinajstić information content (AvgIpc) is 3.53. The van der Waals surface area contributed by atoms with Crippen LogP contribution < -0.4 is 0 Å². The molecule has 5 aromatic rings. The van der Waals surface area contributed by atoms with Gasteiger partial charge in [0.05, 0.1) is 18.1 Å². The van der Waals surface area contributed by atoms with E-state index in [-0.39, 0.29) is 23.6 Å². The van der Waals surface area contributed by atoms with Crippen molar-refractivity contribution in [3.8, 4) is 22.9 Å². The predicted molar refractivity (Wildman–Crippen MR) is 129 cm³/mol. The Balaban J connectivity index is 1.55. The van der Waals surface area contributed by atoms with Gasteiger partial charge in [-0.3, -0.25) is 0 Å². The highest BCUT2D eigenvalue weighted by atomic mass is 35.5. The summed E-state index contributed by atoms with van der Waals surface area (Å²) < 4.78 is 2.82. The summed E-state index contributed by atoms with van der Waals surface area (Å²) in [6.07, 6.45) is 3.21. The van der Waals surface area contributed by atoms with Crippen LogP contribution in [0.15, 0.2) is 79.1 Å². The maximum atomic E-state index is 11.9. The molecule has 0 amide bonds. The Morgan fingerprint density at radius 1 is 0.829 bits per heavy atom. The second kappa shape index (κ2) is 8.86. The lowest BCUT2D eigenvalue weighted by Gasteiger charge is -2.25. The van der Waals surface area contributed by atoms with Crippen LogP contribution in [0.2, 0.25) is 5.02 Å². The lowest BCUT2D eigenvalue weighted by atomic mass is 9.86. The zero-order valence-electron chi connectivity index (χ0n) is 18.6. The maximum Gasteiger partial charge on any atom is 0.141 e. The number of phenols is 2. The highest BCUT2D eigenvalue weighted by Gasteiger charge is 2.36. The number of aryl methyl sites for hydroxylation is 1. The minimum Gasteiger partial charge on any atom is -0.506 e. The van der Waals surface area contributed by atoms with Gasteiger partial charge in [-0.25, -0.2) is 9.36 Å². The number of nitrogens with zero attached hydrogens (tertiary/aromatic N) is 6. The zero-order valence-corrected chi connectivity index (χ0v) is 19.4. The molecule has 0 radical (unpaired) electrons. The van der Waals surface area contributed by atoms with E-state index >= 15 is 0 Å². The molecule has 5 rings (SSSR count). The van der Waals surface area contributed by atoms with Gasteiger partial charge in [0.25, 0.3) is 0 Å². The van der Waals surface area contributed by atoms with Crippen molar-refractivity contribution >= 4 is 11.6 Å². The molecule has 0 aliphatic rings. The zero-order chi connectivity index (χ0) is 24.6. The van der Waals surface area contributed by atoms with Crippen molar-refractivity contribution in [3.05, 3.63) is 107 Å². The minimum absolute atomic E-state index is 0.00919. The van der Waals surface area contributed by atoms with Gasteiger partial charge in [-0.05, 0) is 48.4 Å². The molecule has 0 aliphatic heterocycles. The molecule has 0 saturated carbocycles. The van der Waals surface area contributed by atoms with Gasteiger partial charge < -0.3 is 15.3 Å². The molecule has 0 fully saturated rings. The summed E-state index contributed by atoms with van der Waals surface area (Å²) in [7, 11) is 0. The molecule has 1 unspecified atom stereocenters. The van der Waals surface area contributed by atoms with Crippen LogP contribution in [0, 0.1) is 6.92 Å². The highest BCUT2D eigenvalue weighted by molar-refractivity contribution is 6.30. The second-order valence-electron chi connectivity index (χ2n) is 8.23. The van der Waals surface area contributed by atoms with Crippen molar-refractivity contribution in [3.63, 3.8) is 0 Å². The van der Waals surface area contributed by atoms with Gasteiger partial charge in [-0.15, -0.1) is 10.2 Å². The molecule has 10 heteroatoms. The third-order valence-electron chi connectivity index (χ3n) is 5.71. The van der Waals surface area contributed by atoms with Gasteiger partial charge in [-0.1, -0.05) is 58.4 Å². The van der Waals surface area contributed by atoms with Gasteiger partial charge >= 0.3 is 0 Å². The van der Waals surface area contributed by atoms with E-state index in [1.807, 2.05) is 25.1 Å². The van der Waals surface area contributed by atoms with E-state index in [1.54, 1.807) is 54.9 Å². The number of aromatic hydroxyl groups is 2. The SMILES string of the molecule is Cc1ccc(O)c(-n2cc(C(O)(Cc3cn(-c4cc(Cl)ccc4O)nn3)c3ccccc3)nn2)c1. The number of aliphatic hydroxyl groups is 1. The quantitative estimate of drug-likeness (QED) is 0.333. The number of rotatable bonds is 6. The summed E-state index contributed by atoms with van der Waals surface area (Å²) >= 11 is 6.07. The number of hydrogen-bond acceptors (Lipinski definition) is 7. The van der Waals surface area contributed by atoms with Crippen molar-refractivity contribution in [2.24, 2.45) is 0 Å². The molecule has 176 valence electrons. The average molecular weight is 489 g/mol. The summed E-state index contributed by atoms with van der Waals surface area (Å²) in [5, 5.41) is 49.6. The van der Waals surface area contributed by atoms with E-state index in [2.05, 4.69) is 20.6 Å². The fraction of sp³-hybridized carbons (Fsp3) is 0.120. The number of phenolic OH excluding ortho intramolecular Hbond substituents is 2. The molecule has 1 atom stereocenters. The van der Waals surface area contributed by atoms with E-state index in [0.29, 0.717) is 27.7 Å². The number of halogens is 1. The van der Waals surface area contributed by atoms with Crippen molar-refractivity contribution < 1.29 is 15.3 Å². The monoisotopic (exact) mass is 488 g/mol. The molecule has 9 nitrogen and oxygen atoms in total. The molecular formula is C25H21ClN6O3. The van der Waals surface area contributed by atoms with Crippen LogP contribution in [0.5, 0.6) is 11.5 Å². The van der Waals surface area contributed by atoms with Crippen molar-refractivity contribution in [1.82, 2.24) is 30.0 Å². The second-order valence-corrected chi connectivity index (χ2v) is 8.67. The van der Waals surface area contributed by atoms with Crippen LogP contribution in [0.3, 0.4) is 0 Å². The Morgan fingerprint density at radius 3 is 2.26 bits per heavy atom. The third kappa shape index (κ3) is 4.34. The van der Waals surface area contributed by atoms with Gasteiger partial charge in [0, 0.05) is 11.4 Å². The largest absolute Gasteiger partial charge is 0.506 e. The van der Waals surface area contributed by atoms with Crippen LogP contribution >= 0.6 is 11.6 Å². The molecule has 3 aromatic carbocycles. The van der Waals surface area contributed by atoms with E-state index in [4.69, 9.17) is 11.6 Å². The lowest BCUT2D eigenvalue weighted by molar-refractivity contribution is 0.0752. The molecule has 0 saturated heterocycles. The molecule has 2 aromatic heterocycles. The normalized spacial score (nSPS) is 13.0. The van der Waals surface area contributed by atoms with Gasteiger partial charge in [0.1, 0.15) is 34.2 Å². The summed E-state index contributed by atoms with van der Waals surface area (Å²) in [4.78, 5) is 0. The Labute approximate surface area is 205 Å². The predicted octanol–water partition coefficient (Wildman–Crippen LogP) is 3.70. The molecule has 35 heavy (non-hydrogen) atoms. The topological polar surface area (TPSA) is 122 Å². The van der Waals surface area contributed by atoms with Gasteiger partial charge in [0.2, 0.25) is 0 Å². The Bertz CT molecular complexity index is 1500. The lowest BCUT2D eigenvalue weighted by Crippen LogP contribution is -2.31. The van der Waals surface area contributed by atoms with Crippen molar-refractivity contribution in [1.29, 1.82) is 0 Å². The Hall–Kier alpha value is -4.21. The molecule has 0 spiro atoms. The third-order valence-corrected chi connectivity index (χ3v) is 5.94. The molecule has 2 heterocycles. The number of aromatic nitrogens is 6.